The Labute approximate surface area is 114 Å². The van der Waals surface area contributed by atoms with E-state index in [1.807, 2.05) is 12.1 Å². The van der Waals surface area contributed by atoms with Crippen molar-refractivity contribution in [2.24, 2.45) is 5.84 Å². The van der Waals surface area contributed by atoms with Gasteiger partial charge >= 0.3 is 0 Å². The highest BCUT2D eigenvalue weighted by Gasteiger charge is 2.31. The van der Waals surface area contributed by atoms with E-state index in [0.29, 0.717) is 12.0 Å². The molecule has 1 aromatic carbocycles. The summed E-state index contributed by atoms with van der Waals surface area (Å²) in [4.78, 5) is 13.7. The van der Waals surface area contributed by atoms with Crippen LogP contribution >= 0.6 is 0 Å². The molecule has 2 rings (SSSR count). The van der Waals surface area contributed by atoms with Crippen LogP contribution in [0.3, 0.4) is 0 Å². The Morgan fingerprint density at radius 1 is 1.32 bits per heavy atom. The van der Waals surface area contributed by atoms with E-state index in [-0.39, 0.29) is 5.91 Å². The van der Waals surface area contributed by atoms with Gasteiger partial charge in [0.2, 0.25) is 5.91 Å². The van der Waals surface area contributed by atoms with Gasteiger partial charge in [0.25, 0.3) is 0 Å². The Bertz CT molecular complexity index is 439. The third-order valence-corrected chi connectivity index (χ3v) is 3.99. The lowest BCUT2D eigenvalue weighted by atomic mass is 10.0. The third kappa shape index (κ3) is 3.55. The summed E-state index contributed by atoms with van der Waals surface area (Å²) < 4.78 is 0. The molecule has 1 aliphatic rings. The predicted molar refractivity (Wildman–Crippen MR) is 76.2 cm³/mol. The molecule has 0 saturated carbocycles. The van der Waals surface area contributed by atoms with Gasteiger partial charge in [0.1, 0.15) is 0 Å². The van der Waals surface area contributed by atoms with Gasteiger partial charge in [0.05, 0.1) is 6.42 Å². The number of carbonyl (C=O) groups excluding carboxylic acids is 1. The Morgan fingerprint density at radius 3 is 2.47 bits per heavy atom. The standard InChI is InChI=1S/C15H23N3O/c1-15(2)8-3-9-18(15)11-13-6-4-12(5-7-13)10-14(19)17-16/h4-7H,3,8-11,16H2,1-2H3,(H,17,19). The second-order valence-electron chi connectivity index (χ2n) is 5.90. The van der Waals surface area contributed by atoms with Crippen molar-refractivity contribution in [3.63, 3.8) is 0 Å². The number of amides is 1. The summed E-state index contributed by atoms with van der Waals surface area (Å²) in [7, 11) is 0. The van der Waals surface area contributed by atoms with E-state index >= 15 is 0 Å². The topological polar surface area (TPSA) is 58.4 Å². The maximum Gasteiger partial charge on any atom is 0.238 e. The van der Waals surface area contributed by atoms with Gasteiger partial charge in [-0.15, -0.1) is 0 Å². The van der Waals surface area contributed by atoms with Gasteiger partial charge in [-0.3, -0.25) is 15.1 Å². The lowest BCUT2D eigenvalue weighted by molar-refractivity contribution is -0.120. The summed E-state index contributed by atoms with van der Waals surface area (Å²) >= 11 is 0. The van der Waals surface area contributed by atoms with Crippen molar-refractivity contribution in [3.8, 4) is 0 Å². The first kappa shape index (κ1) is 14.0. The summed E-state index contributed by atoms with van der Waals surface area (Å²) in [5.74, 6) is 4.92. The fraction of sp³-hybridized carbons (Fsp3) is 0.533. The summed E-state index contributed by atoms with van der Waals surface area (Å²) in [6.07, 6.45) is 2.88. The first-order chi connectivity index (χ1) is 9.01. The molecule has 1 amide bonds. The zero-order valence-corrected chi connectivity index (χ0v) is 11.8. The van der Waals surface area contributed by atoms with Crippen molar-refractivity contribution in [2.75, 3.05) is 6.54 Å². The number of nitrogens with one attached hydrogen (secondary N) is 1. The van der Waals surface area contributed by atoms with Crippen LogP contribution < -0.4 is 11.3 Å². The summed E-state index contributed by atoms with van der Waals surface area (Å²) in [6, 6.07) is 8.22. The third-order valence-electron chi connectivity index (χ3n) is 3.99. The van der Waals surface area contributed by atoms with Gasteiger partial charge in [-0.1, -0.05) is 24.3 Å². The second-order valence-corrected chi connectivity index (χ2v) is 5.90. The number of nitrogens with zero attached hydrogens (tertiary/aromatic N) is 1. The quantitative estimate of drug-likeness (QED) is 0.491. The normalized spacial score (nSPS) is 18.5. The van der Waals surface area contributed by atoms with E-state index < -0.39 is 0 Å². The number of hydrogen-bond acceptors (Lipinski definition) is 3. The van der Waals surface area contributed by atoms with E-state index in [0.717, 1.165) is 12.1 Å². The molecule has 1 fully saturated rings. The van der Waals surface area contributed by atoms with Crippen molar-refractivity contribution < 1.29 is 4.79 Å². The van der Waals surface area contributed by atoms with Gasteiger partial charge in [0, 0.05) is 12.1 Å². The van der Waals surface area contributed by atoms with Crippen molar-refractivity contribution in [3.05, 3.63) is 35.4 Å². The van der Waals surface area contributed by atoms with Gasteiger partial charge in [-0.05, 0) is 44.4 Å². The molecule has 0 aromatic heterocycles. The molecular formula is C15H23N3O. The molecule has 104 valence electrons. The highest BCUT2D eigenvalue weighted by atomic mass is 16.2. The molecule has 19 heavy (non-hydrogen) atoms. The number of hydrogen-bond donors (Lipinski definition) is 2. The van der Waals surface area contributed by atoms with Crippen LogP contribution in [0.4, 0.5) is 0 Å². The number of likely N-dealkylation sites (tertiary alicyclic amines) is 1. The molecular weight excluding hydrogens is 238 g/mol. The van der Waals surface area contributed by atoms with Crippen LogP contribution in [0, 0.1) is 0 Å². The largest absolute Gasteiger partial charge is 0.294 e. The van der Waals surface area contributed by atoms with E-state index in [1.54, 1.807) is 0 Å². The van der Waals surface area contributed by atoms with Crippen LogP contribution in [0.1, 0.15) is 37.8 Å². The summed E-state index contributed by atoms with van der Waals surface area (Å²) in [5, 5.41) is 0. The average molecular weight is 261 g/mol. The van der Waals surface area contributed by atoms with Crippen LogP contribution in [0.15, 0.2) is 24.3 Å². The highest BCUT2D eigenvalue weighted by molar-refractivity contribution is 5.77. The lowest BCUT2D eigenvalue weighted by Crippen LogP contribution is -2.37. The molecule has 1 heterocycles. The summed E-state index contributed by atoms with van der Waals surface area (Å²) in [5.41, 5.74) is 4.75. The molecule has 1 aromatic rings. The Hall–Kier alpha value is -1.39. The molecule has 1 saturated heterocycles. The molecule has 0 aliphatic carbocycles. The van der Waals surface area contributed by atoms with Crippen LogP contribution in [-0.2, 0) is 17.8 Å². The molecule has 0 bridgehead atoms. The number of hydrazine groups is 1. The zero-order chi connectivity index (χ0) is 13.9. The van der Waals surface area contributed by atoms with Crippen molar-refractivity contribution in [1.82, 2.24) is 10.3 Å². The Balaban J connectivity index is 1.97. The number of carbonyl (C=O) groups is 1. The van der Waals surface area contributed by atoms with Crippen LogP contribution in [0.25, 0.3) is 0 Å². The van der Waals surface area contributed by atoms with E-state index in [9.17, 15) is 4.79 Å². The predicted octanol–water partition coefficient (Wildman–Crippen LogP) is 1.59. The van der Waals surface area contributed by atoms with Crippen LogP contribution in [-0.4, -0.2) is 22.9 Å². The SMILES string of the molecule is CC1(C)CCCN1Cc1ccc(CC(=O)NN)cc1. The maximum atomic E-state index is 11.2. The van der Waals surface area contributed by atoms with Gasteiger partial charge < -0.3 is 0 Å². The number of nitrogens with two attached hydrogens (primary N) is 1. The minimum absolute atomic E-state index is 0.159. The Kier molecular flexibility index (Phi) is 4.22. The van der Waals surface area contributed by atoms with Crippen molar-refractivity contribution in [1.29, 1.82) is 0 Å². The van der Waals surface area contributed by atoms with Crippen LogP contribution in [0.5, 0.6) is 0 Å². The van der Waals surface area contributed by atoms with E-state index in [2.05, 4.69) is 36.3 Å². The highest BCUT2D eigenvalue weighted by Crippen LogP contribution is 2.29. The average Bonchev–Trinajstić information content (AvgIpc) is 2.71. The smallest absolute Gasteiger partial charge is 0.238 e. The Morgan fingerprint density at radius 2 is 1.95 bits per heavy atom. The number of benzene rings is 1. The fourth-order valence-electron chi connectivity index (χ4n) is 2.68. The van der Waals surface area contributed by atoms with E-state index in [4.69, 9.17) is 5.84 Å². The van der Waals surface area contributed by atoms with Gasteiger partial charge in [-0.2, -0.15) is 0 Å². The van der Waals surface area contributed by atoms with E-state index in [1.165, 1.54) is 24.9 Å². The van der Waals surface area contributed by atoms with Crippen LogP contribution in [0.2, 0.25) is 0 Å². The monoisotopic (exact) mass is 261 g/mol. The molecule has 0 spiro atoms. The summed E-state index contributed by atoms with van der Waals surface area (Å²) in [6.45, 7) is 6.76. The first-order valence-corrected chi connectivity index (χ1v) is 6.83. The molecule has 4 nitrogen and oxygen atoms in total. The molecule has 3 N–H and O–H groups in total. The van der Waals surface area contributed by atoms with Gasteiger partial charge in [-0.25, -0.2) is 5.84 Å². The maximum absolute atomic E-state index is 11.2. The second kappa shape index (κ2) is 5.72. The fourth-order valence-corrected chi connectivity index (χ4v) is 2.68. The zero-order valence-electron chi connectivity index (χ0n) is 11.8. The molecule has 4 heteroatoms. The minimum Gasteiger partial charge on any atom is -0.294 e. The minimum atomic E-state index is -0.159. The molecule has 0 atom stereocenters. The van der Waals surface area contributed by atoms with Crippen molar-refractivity contribution >= 4 is 5.91 Å². The molecule has 1 aliphatic heterocycles. The van der Waals surface area contributed by atoms with Gasteiger partial charge in [0.15, 0.2) is 0 Å². The number of rotatable bonds is 4. The first-order valence-electron chi connectivity index (χ1n) is 6.83. The van der Waals surface area contributed by atoms with Crippen molar-refractivity contribution in [2.45, 2.75) is 45.2 Å². The molecule has 0 unspecified atom stereocenters. The lowest BCUT2D eigenvalue weighted by Gasteiger charge is -2.31. The molecule has 0 radical (unpaired) electrons.